The molecule has 1 aliphatic heterocycles. The average molecular weight is 328 g/mol. The van der Waals surface area contributed by atoms with Crippen molar-refractivity contribution < 1.29 is 18.6 Å². The smallest absolute Gasteiger partial charge is 0.183 e. The molecule has 1 fully saturated rings. The lowest BCUT2D eigenvalue weighted by molar-refractivity contribution is -0.197. The summed E-state index contributed by atoms with van der Waals surface area (Å²) in [5, 5.41) is 0. The van der Waals surface area contributed by atoms with Crippen LogP contribution in [0.5, 0.6) is 0 Å². The van der Waals surface area contributed by atoms with Gasteiger partial charge in [-0.2, -0.15) is 0 Å². The van der Waals surface area contributed by atoms with Gasteiger partial charge < -0.3 is 14.2 Å². The Kier molecular flexibility index (Phi) is 5.41. The second-order valence-electron chi connectivity index (χ2n) is 5.80. The summed E-state index contributed by atoms with van der Waals surface area (Å²) in [6.45, 7) is 4.96. The van der Waals surface area contributed by atoms with Crippen molar-refractivity contribution in [3.05, 3.63) is 83.7 Å². The number of hydrogen-bond donors (Lipinski definition) is 0. The van der Waals surface area contributed by atoms with Crippen molar-refractivity contribution in [1.82, 2.24) is 0 Å². The molecule has 1 heterocycles. The highest BCUT2D eigenvalue weighted by atomic mass is 19.1. The van der Waals surface area contributed by atoms with Crippen LogP contribution >= 0.6 is 0 Å². The molecular formula is C20H21FO3. The van der Waals surface area contributed by atoms with Crippen LogP contribution in [0.2, 0.25) is 0 Å². The summed E-state index contributed by atoms with van der Waals surface area (Å²) in [7, 11) is 1.58. The Bertz CT molecular complexity index is 676. The Labute approximate surface area is 141 Å². The minimum Gasteiger partial charge on any atom is -0.372 e. The van der Waals surface area contributed by atoms with E-state index >= 15 is 0 Å². The quantitative estimate of drug-likeness (QED) is 0.761. The molecule has 1 aliphatic rings. The zero-order valence-electron chi connectivity index (χ0n) is 13.7. The number of benzene rings is 2. The first-order valence-corrected chi connectivity index (χ1v) is 7.95. The molecule has 0 radical (unpaired) electrons. The second-order valence-corrected chi connectivity index (χ2v) is 5.80. The van der Waals surface area contributed by atoms with Gasteiger partial charge in [0.15, 0.2) is 6.29 Å². The monoisotopic (exact) mass is 328 g/mol. The van der Waals surface area contributed by atoms with E-state index in [1.54, 1.807) is 25.3 Å². The molecular weight excluding hydrogens is 307 g/mol. The van der Waals surface area contributed by atoms with Crippen LogP contribution in [0.25, 0.3) is 0 Å². The summed E-state index contributed by atoms with van der Waals surface area (Å²) in [5.74, 6) is -0.0395. The molecule has 0 spiro atoms. The van der Waals surface area contributed by atoms with Crippen LogP contribution in [0, 0.1) is 11.7 Å². The number of rotatable bonds is 5. The maximum atomic E-state index is 14.0. The molecule has 1 saturated heterocycles. The number of hydrogen-bond acceptors (Lipinski definition) is 3. The minimum atomic E-state index is -0.446. The Morgan fingerprint density at radius 3 is 2.38 bits per heavy atom. The summed E-state index contributed by atoms with van der Waals surface area (Å²) in [5.41, 5.74) is 2.34. The van der Waals surface area contributed by atoms with Gasteiger partial charge in [0.1, 0.15) is 11.9 Å². The van der Waals surface area contributed by atoms with Gasteiger partial charge >= 0.3 is 0 Å². The first kappa shape index (κ1) is 16.8. The predicted molar refractivity (Wildman–Crippen MR) is 90.0 cm³/mol. The Hall–Kier alpha value is -2.01. The second kappa shape index (κ2) is 7.71. The van der Waals surface area contributed by atoms with E-state index < -0.39 is 6.10 Å². The van der Waals surface area contributed by atoms with Crippen LogP contribution in [0.3, 0.4) is 0 Å². The normalized spacial score (nSPS) is 22.1. The van der Waals surface area contributed by atoms with Gasteiger partial charge in [-0.15, -0.1) is 6.58 Å². The van der Waals surface area contributed by atoms with Crippen molar-refractivity contribution in [2.45, 2.75) is 12.4 Å². The topological polar surface area (TPSA) is 27.7 Å². The fraction of sp³-hybridized carbons (Fsp3) is 0.300. The third-order valence-electron chi connectivity index (χ3n) is 4.19. The van der Waals surface area contributed by atoms with Crippen LogP contribution in [0.15, 0.2) is 61.2 Å². The Morgan fingerprint density at radius 1 is 1.12 bits per heavy atom. The van der Waals surface area contributed by atoms with E-state index in [1.165, 1.54) is 6.07 Å². The van der Waals surface area contributed by atoms with Gasteiger partial charge in [-0.1, -0.05) is 48.5 Å². The molecule has 3 nitrogen and oxygen atoms in total. The van der Waals surface area contributed by atoms with Crippen molar-refractivity contribution in [2.24, 2.45) is 5.92 Å². The van der Waals surface area contributed by atoms with E-state index in [0.29, 0.717) is 18.8 Å². The fourth-order valence-electron chi connectivity index (χ4n) is 2.81. The van der Waals surface area contributed by atoms with Crippen LogP contribution < -0.4 is 0 Å². The molecule has 3 rings (SSSR count). The molecule has 1 atom stereocenters. The molecule has 1 unspecified atom stereocenters. The van der Waals surface area contributed by atoms with Gasteiger partial charge in [-0.3, -0.25) is 0 Å². The minimum absolute atomic E-state index is 0.236. The first-order valence-electron chi connectivity index (χ1n) is 7.95. The van der Waals surface area contributed by atoms with Crippen LogP contribution in [-0.4, -0.2) is 20.3 Å². The molecule has 0 amide bonds. The zero-order chi connectivity index (χ0) is 16.9. The number of ether oxygens (including phenoxy) is 3. The SMILES string of the molecule is C=CC1COC(c2ccc(C(OC)c3ccccc3F)cc2)OC1. The largest absolute Gasteiger partial charge is 0.372 e. The van der Waals surface area contributed by atoms with E-state index in [9.17, 15) is 4.39 Å². The standard InChI is InChI=1S/C20H21FO3/c1-3-14-12-23-20(24-13-14)16-10-8-15(9-11-16)19(22-2)17-6-4-5-7-18(17)21/h3-11,14,19-20H,1,12-13H2,2H3. The number of methoxy groups -OCH3 is 1. The van der Waals surface area contributed by atoms with Crippen molar-refractivity contribution in [3.8, 4) is 0 Å². The molecule has 2 aromatic rings. The molecule has 24 heavy (non-hydrogen) atoms. The van der Waals surface area contributed by atoms with Crippen LogP contribution in [0.1, 0.15) is 29.1 Å². The summed E-state index contributed by atoms with van der Waals surface area (Å²) in [6.07, 6.45) is 1.03. The lowest BCUT2D eigenvalue weighted by atomic mass is 9.99. The maximum absolute atomic E-state index is 14.0. The van der Waals surface area contributed by atoms with E-state index in [-0.39, 0.29) is 18.0 Å². The van der Waals surface area contributed by atoms with Crippen LogP contribution in [-0.2, 0) is 14.2 Å². The molecule has 0 bridgehead atoms. The van der Waals surface area contributed by atoms with Gasteiger partial charge in [0, 0.05) is 24.2 Å². The summed E-state index contributed by atoms with van der Waals surface area (Å²) < 4.78 is 31.0. The molecule has 4 heteroatoms. The van der Waals surface area contributed by atoms with E-state index in [4.69, 9.17) is 14.2 Å². The van der Waals surface area contributed by atoms with Gasteiger partial charge in [0.2, 0.25) is 0 Å². The van der Waals surface area contributed by atoms with E-state index in [1.807, 2.05) is 30.3 Å². The van der Waals surface area contributed by atoms with Crippen molar-refractivity contribution in [2.75, 3.05) is 20.3 Å². The third-order valence-corrected chi connectivity index (χ3v) is 4.19. The highest BCUT2D eigenvalue weighted by Gasteiger charge is 2.23. The van der Waals surface area contributed by atoms with Gasteiger partial charge in [-0.25, -0.2) is 4.39 Å². The highest BCUT2D eigenvalue weighted by Crippen LogP contribution is 2.30. The van der Waals surface area contributed by atoms with E-state index in [0.717, 1.165) is 11.1 Å². The van der Waals surface area contributed by atoms with E-state index in [2.05, 4.69) is 6.58 Å². The van der Waals surface area contributed by atoms with Gasteiger partial charge in [0.05, 0.1) is 13.2 Å². The highest BCUT2D eigenvalue weighted by molar-refractivity contribution is 5.33. The Morgan fingerprint density at radius 2 is 1.79 bits per heavy atom. The molecule has 0 aliphatic carbocycles. The lowest BCUT2D eigenvalue weighted by Crippen LogP contribution is -2.25. The van der Waals surface area contributed by atoms with Crippen molar-refractivity contribution >= 4 is 0 Å². The number of halogens is 1. The predicted octanol–water partition coefficient (Wildman–Crippen LogP) is 4.41. The summed E-state index contributed by atoms with van der Waals surface area (Å²) in [4.78, 5) is 0. The zero-order valence-corrected chi connectivity index (χ0v) is 13.7. The summed E-state index contributed by atoms with van der Waals surface area (Å²) in [6, 6.07) is 14.4. The van der Waals surface area contributed by atoms with Crippen molar-refractivity contribution in [1.29, 1.82) is 0 Å². The first-order chi connectivity index (χ1) is 11.7. The Balaban J connectivity index is 1.76. The van der Waals surface area contributed by atoms with Gasteiger partial charge in [0.25, 0.3) is 0 Å². The molecule has 0 aromatic heterocycles. The average Bonchev–Trinajstić information content (AvgIpc) is 2.64. The third kappa shape index (κ3) is 3.56. The molecule has 0 saturated carbocycles. The summed E-state index contributed by atoms with van der Waals surface area (Å²) >= 11 is 0. The fourth-order valence-corrected chi connectivity index (χ4v) is 2.81. The van der Waals surface area contributed by atoms with Crippen molar-refractivity contribution in [3.63, 3.8) is 0 Å². The molecule has 2 aromatic carbocycles. The van der Waals surface area contributed by atoms with Gasteiger partial charge in [-0.05, 0) is 11.6 Å². The molecule has 126 valence electrons. The lowest BCUT2D eigenvalue weighted by Gasteiger charge is -2.28. The maximum Gasteiger partial charge on any atom is 0.183 e. The van der Waals surface area contributed by atoms with Crippen LogP contribution in [0.4, 0.5) is 4.39 Å². The molecule has 0 N–H and O–H groups in total.